The molecule has 0 aromatic carbocycles. The molecule has 0 radical (unpaired) electrons. The predicted octanol–water partition coefficient (Wildman–Crippen LogP) is 2.98. The highest BCUT2D eigenvalue weighted by atomic mass is 79.9. The first-order valence-electron chi connectivity index (χ1n) is 3.05. The van der Waals surface area contributed by atoms with Crippen LogP contribution in [-0.4, -0.2) is 9.97 Å². The number of pyridine rings is 1. The number of nitrogens with one attached hydrogen (secondary N) is 1. The second-order valence-corrected chi connectivity index (χ2v) is 3.48. The van der Waals surface area contributed by atoms with Crippen molar-refractivity contribution in [2.75, 3.05) is 0 Å². The number of H-pyrrole nitrogens is 1. The van der Waals surface area contributed by atoms with E-state index in [9.17, 15) is 0 Å². The smallest absolute Gasteiger partial charge is 0.138 e. The zero-order chi connectivity index (χ0) is 7.84. The fraction of sp³-hybridized carbons (Fsp3) is 0. The molecular weight excluding hydrogens is 227 g/mol. The summed E-state index contributed by atoms with van der Waals surface area (Å²) < 4.78 is 0.988. The van der Waals surface area contributed by atoms with Crippen molar-refractivity contribution in [1.82, 2.24) is 9.97 Å². The van der Waals surface area contributed by atoms with Crippen molar-refractivity contribution in [1.29, 1.82) is 0 Å². The Morgan fingerprint density at radius 1 is 1.55 bits per heavy atom. The molecule has 2 aromatic heterocycles. The van der Waals surface area contributed by atoms with E-state index in [1.54, 1.807) is 6.20 Å². The lowest BCUT2D eigenvalue weighted by atomic mass is 10.3. The highest BCUT2D eigenvalue weighted by Crippen LogP contribution is 2.23. The average molecular weight is 231 g/mol. The van der Waals surface area contributed by atoms with Crippen molar-refractivity contribution in [3.8, 4) is 0 Å². The van der Waals surface area contributed by atoms with E-state index in [1.807, 2.05) is 12.3 Å². The lowest BCUT2D eigenvalue weighted by Crippen LogP contribution is -1.74. The number of nitrogens with zero attached hydrogens (tertiary/aromatic N) is 1. The van der Waals surface area contributed by atoms with Crippen LogP contribution in [0, 0.1) is 0 Å². The third-order valence-electron chi connectivity index (χ3n) is 1.45. The first-order chi connectivity index (χ1) is 5.27. The third-order valence-corrected chi connectivity index (χ3v) is 2.31. The van der Waals surface area contributed by atoms with Crippen LogP contribution in [-0.2, 0) is 0 Å². The summed E-state index contributed by atoms with van der Waals surface area (Å²) in [6.07, 6.45) is 3.46. The molecule has 0 atom stereocenters. The Labute approximate surface area is 76.7 Å². The van der Waals surface area contributed by atoms with Crippen LogP contribution in [0.4, 0.5) is 0 Å². The monoisotopic (exact) mass is 230 g/mol. The first-order valence-corrected chi connectivity index (χ1v) is 4.22. The molecule has 2 aromatic rings. The molecule has 0 amide bonds. The Morgan fingerprint density at radius 2 is 2.36 bits per heavy atom. The van der Waals surface area contributed by atoms with E-state index in [-0.39, 0.29) is 0 Å². The highest BCUT2D eigenvalue weighted by Gasteiger charge is 2.00. The van der Waals surface area contributed by atoms with E-state index in [4.69, 9.17) is 11.6 Å². The molecule has 0 saturated heterocycles. The van der Waals surface area contributed by atoms with Crippen LogP contribution in [0.25, 0.3) is 11.0 Å². The Hall–Kier alpha value is -0.540. The van der Waals surface area contributed by atoms with Gasteiger partial charge in [0, 0.05) is 22.3 Å². The SMILES string of the molecule is Clc1cnc2[nH]cc(Br)c2c1. The van der Waals surface area contributed by atoms with Crippen molar-refractivity contribution < 1.29 is 0 Å². The Bertz CT molecular complexity index is 396. The van der Waals surface area contributed by atoms with Gasteiger partial charge in [-0.05, 0) is 22.0 Å². The van der Waals surface area contributed by atoms with E-state index in [2.05, 4.69) is 25.9 Å². The second kappa shape index (κ2) is 2.50. The van der Waals surface area contributed by atoms with Crippen molar-refractivity contribution in [2.24, 2.45) is 0 Å². The minimum atomic E-state index is 0.651. The van der Waals surface area contributed by atoms with Crippen molar-refractivity contribution in [2.45, 2.75) is 0 Å². The quantitative estimate of drug-likeness (QED) is 0.742. The van der Waals surface area contributed by atoms with E-state index in [0.717, 1.165) is 15.5 Å². The Balaban J connectivity index is 2.87. The zero-order valence-corrected chi connectivity index (χ0v) is 7.78. The summed E-state index contributed by atoms with van der Waals surface area (Å²) in [4.78, 5) is 7.08. The average Bonchev–Trinajstić information content (AvgIpc) is 2.33. The Kier molecular flexibility index (Phi) is 1.62. The topological polar surface area (TPSA) is 28.7 Å². The molecule has 56 valence electrons. The number of aromatic amines is 1. The van der Waals surface area contributed by atoms with E-state index < -0.39 is 0 Å². The summed E-state index contributed by atoms with van der Waals surface area (Å²) in [7, 11) is 0. The molecule has 0 aliphatic carbocycles. The fourth-order valence-electron chi connectivity index (χ4n) is 0.946. The van der Waals surface area contributed by atoms with Gasteiger partial charge in [0.25, 0.3) is 0 Å². The third kappa shape index (κ3) is 1.14. The zero-order valence-electron chi connectivity index (χ0n) is 5.44. The molecule has 11 heavy (non-hydrogen) atoms. The largest absolute Gasteiger partial charge is 0.345 e. The maximum Gasteiger partial charge on any atom is 0.138 e. The van der Waals surface area contributed by atoms with Gasteiger partial charge in [-0.2, -0.15) is 0 Å². The molecular formula is C7H4BrClN2. The fourth-order valence-corrected chi connectivity index (χ4v) is 1.52. The number of hydrogen-bond acceptors (Lipinski definition) is 1. The van der Waals surface area contributed by atoms with Crippen LogP contribution in [0.15, 0.2) is 22.9 Å². The molecule has 2 heterocycles. The Morgan fingerprint density at radius 3 is 3.18 bits per heavy atom. The van der Waals surface area contributed by atoms with Crippen LogP contribution in [0.2, 0.25) is 5.02 Å². The van der Waals surface area contributed by atoms with Crippen LogP contribution in [0.5, 0.6) is 0 Å². The maximum absolute atomic E-state index is 5.75. The molecule has 0 spiro atoms. The summed E-state index contributed by atoms with van der Waals surface area (Å²) in [5, 5.41) is 1.66. The maximum atomic E-state index is 5.75. The van der Waals surface area contributed by atoms with Crippen LogP contribution in [0.1, 0.15) is 0 Å². The lowest BCUT2D eigenvalue weighted by molar-refractivity contribution is 1.32. The van der Waals surface area contributed by atoms with Gasteiger partial charge in [-0.25, -0.2) is 4.98 Å². The molecule has 1 N–H and O–H groups in total. The predicted molar refractivity (Wildman–Crippen MR) is 48.8 cm³/mol. The summed E-state index contributed by atoms with van der Waals surface area (Å²) >= 11 is 9.12. The number of halogens is 2. The van der Waals surface area contributed by atoms with Gasteiger partial charge in [0.1, 0.15) is 5.65 Å². The number of rotatable bonds is 0. The summed E-state index contributed by atoms with van der Waals surface area (Å²) in [5.74, 6) is 0. The van der Waals surface area contributed by atoms with Gasteiger partial charge in [-0.1, -0.05) is 11.6 Å². The normalized spacial score (nSPS) is 10.7. The minimum absolute atomic E-state index is 0.651. The van der Waals surface area contributed by atoms with Crippen LogP contribution < -0.4 is 0 Å². The summed E-state index contributed by atoms with van der Waals surface area (Å²) in [5.41, 5.74) is 0.848. The molecule has 0 bridgehead atoms. The number of hydrogen-bond donors (Lipinski definition) is 1. The lowest BCUT2D eigenvalue weighted by Gasteiger charge is -1.89. The molecule has 2 rings (SSSR count). The second-order valence-electron chi connectivity index (χ2n) is 2.19. The molecule has 0 aliphatic heterocycles. The summed E-state index contributed by atoms with van der Waals surface area (Å²) in [6, 6.07) is 1.87. The van der Waals surface area contributed by atoms with E-state index >= 15 is 0 Å². The van der Waals surface area contributed by atoms with Crippen molar-refractivity contribution in [3.05, 3.63) is 28.0 Å². The van der Waals surface area contributed by atoms with Crippen LogP contribution >= 0.6 is 27.5 Å². The number of aromatic nitrogens is 2. The van der Waals surface area contributed by atoms with Gasteiger partial charge in [-0.15, -0.1) is 0 Å². The molecule has 0 unspecified atom stereocenters. The minimum Gasteiger partial charge on any atom is -0.345 e. The molecule has 2 nitrogen and oxygen atoms in total. The molecule has 0 fully saturated rings. The van der Waals surface area contributed by atoms with Gasteiger partial charge in [0.2, 0.25) is 0 Å². The highest BCUT2D eigenvalue weighted by molar-refractivity contribution is 9.10. The van der Waals surface area contributed by atoms with Gasteiger partial charge in [0.05, 0.1) is 5.02 Å². The van der Waals surface area contributed by atoms with E-state index in [1.165, 1.54) is 0 Å². The van der Waals surface area contributed by atoms with E-state index in [0.29, 0.717) is 5.02 Å². The van der Waals surface area contributed by atoms with Gasteiger partial charge >= 0.3 is 0 Å². The summed E-state index contributed by atoms with van der Waals surface area (Å²) in [6.45, 7) is 0. The van der Waals surface area contributed by atoms with Gasteiger partial charge < -0.3 is 4.98 Å². The first kappa shape index (κ1) is 7.13. The number of fused-ring (bicyclic) bond motifs is 1. The standard InChI is InChI=1S/C7H4BrClN2/c8-6-3-11-7-5(6)1-4(9)2-10-7/h1-3H,(H,10,11). The molecule has 0 saturated carbocycles. The van der Waals surface area contributed by atoms with Crippen molar-refractivity contribution in [3.63, 3.8) is 0 Å². The molecule has 0 aliphatic rings. The van der Waals surface area contributed by atoms with Gasteiger partial charge in [-0.3, -0.25) is 0 Å². The molecule has 4 heteroatoms. The van der Waals surface area contributed by atoms with Crippen molar-refractivity contribution >= 4 is 38.6 Å². The van der Waals surface area contributed by atoms with Gasteiger partial charge in [0.15, 0.2) is 0 Å². The van der Waals surface area contributed by atoms with Crippen LogP contribution in [0.3, 0.4) is 0 Å².